The lowest BCUT2D eigenvalue weighted by Gasteiger charge is -2.06. The summed E-state index contributed by atoms with van der Waals surface area (Å²) in [5, 5.41) is 0. The van der Waals surface area contributed by atoms with Crippen LogP contribution >= 0.6 is 0 Å². The monoisotopic (exact) mass is 190 g/mol. The number of rotatable bonds is 1. The Hall–Kier alpha value is -0.773. The number of hydrogen-bond acceptors (Lipinski definition) is 0. The highest BCUT2D eigenvalue weighted by molar-refractivity contribution is 6.12. The molecule has 0 radical (unpaired) electrons. The predicted molar refractivity (Wildman–Crippen MR) is 44.7 cm³/mol. The highest BCUT2D eigenvalue weighted by atomic mass is 28.1. The van der Waals surface area contributed by atoms with Gasteiger partial charge in [0.15, 0.2) is 17.5 Å². The van der Waals surface area contributed by atoms with Gasteiger partial charge < -0.3 is 0 Å². The molecule has 0 aliphatic carbocycles. The molecular formula is C8H9F3Si. The van der Waals surface area contributed by atoms with Crippen molar-refractivity contribution >= 4 is 10.2 Å². The minimum Gasteiger partial charge on any atom is -0.204 e. The molecule has 1 aromatic rings. The Kier molecular flexibility index (Phi) is 2.57. The highest BCUT2D eigenvalue weighted by Crippen LogP contribution is 2.20. The van der Waals surface area contributed by atoms with E-state index in [0.29, 0.717) is 0 Å². The van der Waals surface area contributed by atoms with E-state index in [-0.39, 0.29) is 11.1 Å². The van der Waals surface area contributed by atoms with Crippen molar-refractivity contribution in [1.82, 2.24) is 0 Å². The van der Waals surface area contributed by atoms with E-state index >= 15 is 0 Å². The molecule has 0 heterocycles. The van der Waals surface area contributed by atoms with Crippen molar-refractivity contribution in [3.63, 3.8) is 0 Å². The largest absolute Gasteiger partial charge is 0.204 e. The maximum atomic E-state index is 12.9. The lowest BCUT2D eigenvalue weighted by Crippen LogP contribution is -2.01. The van der Waals surface area contributed by atoms with Gasteiger partial charge in [0.2, 0.25) is 0 Å². The van der Waals surface area contributed by atoms with E-state index < -0.39 is 17.5 Å². The van der Waals surface area contributed by atoms with Gasteiger partial charge in [0, 0.05) is 10.2 Å². The van der Waals surface area contributed by atoms with Gasteiger partial charge in [-0.1, -0.05) is 13.0 Å². The van der Waals surface area contributed by atoms with Gasteiger partial charge in [0.25, 0.3) is 0 Å². The molecule has 0 spiro atoms. The molecule has 1 rings (SSSR count). The summed E-state index contributed by atoms with van der Waals surface area (Å²) in [4.78, 5) is 0. The van der Waals surface area contributed by atoms with Crippen LogP contribution in [0.3, 0.4) is 0 Å². The lowest BCUT2D eigenvalue weighted by atomic mass is 10.1. The molecule has 0 aliphatic heterocycles. The summed E-state index contributed by atoms with van der Waals surface area (Å²) in [7, 11) is 0.722. The number of benzene rings is 1. The molecular weight excluding hydrogens is 181 g/mol. The number of halogens is 3. The molecule has 0 bridgehead atoms. The van der Waals surface area contributed by atoms with Crippen molar-refractivity contribution in [1.29, 1.82) is 0 Å². The van der Waals surface area contributed by atoms with Gasteiger partial charge in [-0.2, -0.15) is 0 Å². The quantitative estimate of drug-likeness (QED) is 0.465. The molecule has 0 saturated carbocycles. The fraction of sp³-hybridized carbons (Fsp3) is 0.250. The summed E-state index contributed by atoms with van der Waals surface area (Å²) in [5.41, 5.74) is 0.265. The molecule has 66 valence electrons. The minimum atomic E-state index is -1.37. The van der Waals surface area contributed by atoms with Crippen LogP contribution in [0.5, 0.6) is 0 Å². The molecule has 1 atom stereocenters. The van der Waals surface area contributed by atoms with Gasteiger partial charge in [0.1, 0.15) is 0 Å². The molecule has 1 aromatic carbocycles. The summed E-state index contributed by atoms with van der Waals surface area (Å²) in [6, 6.07) is 2.26. The van der Waals surface area contributed by atoms with E-state index in [0.717, 1.165) is 16.3 Å². The molecule has 0 aliphatic rings. The third-order valence-corrected chi connectivity index (χ3v) is 2.31. The molecule has 1 unspecified atom stereocenters. The summed E-state index contributed by atoms with van der Waals surface area (Å²) in [6.45, 7) is 1.78. The Morgan fingerprint density at radius 3 is 2.25 bits per heavy atom. The third-order valence-electron chi connectivity index (χ3n) is 1.69. The minimum absolute atomic E-state index is 0.0000926. The summed E-state index contributed by atoms with van der Waals surface area (Å²) in [6.07, 6.45) is 0. The van der Waals surface area contributed by atoms with Crippen molar-refractivity contribution in [3.8, 4) is 0 Å². The van der Waals surface area contributed by atoms with Crippen LogP contribution in [-0.4, -0.2) is 10.2 Å². The van der Waals surface area contributed by atoms with Crippen molar-refractivity contribution < 1.29 is 13.2 Å². The average molecular weight is 190 g/mol. The summed E-state index contributed by atoms with van der Waals surface area (Å²) >= 11 is 0. The second kappa shape index (κ2) is 3.31. The smallest absolute Gasteiger partial charge is 0.194 e. The van der Waals surface area contributed by atoms with Gasteiger partial charge in [-0.15, -0.1) is 0 Å². The first-order valence-electron chi connectivity index (χ1n) is 3.67. The molecule has 0 amide bonds. The molecule has 0 nitrogen and oxygen atoms in total. The van der Waals surface area contributed by atoms with Gasteiger partial charge in [-0.05, 0) is 17.2 Å². The normalized spacial score (nSPS) is 13.3. The fourth-order valence-corrected chi connectivity index (χ4v) is 1.43. The van der Waals surface area contributed by atoms with Crippen LogP contribution in [0.4, 0.5) is 13.2 Å². The maximum absolute atomic E-state index is 12.9. The third kappa shape index (κ3) is 1.53. The SMILES string of the molecule is CC([SiH3])c1ccc(F)c(F)c1F. The van der Waals surface area contributed by atoms with Gasteiger partial charge >= 0.3 is 0 Å². The molecule has 4 heteroatoms. The van der Waals surface area contributed by atoms with Gasteiger partial charge in [0.05, 0.1) is 0 Å². The van der Waals surface area contributed by atoms with Crippen LogP contribution in [0, 0.1) is 17.5 Å². The first kappa shape index (κ1) is 9.32. The zero-order chi connectivity index (χ0) is 9.30. The first-order chi connectivity index (χ1) is 5.54. The van der Waals surface area contributed by atoms with Crippen LogP contribution in [0.25, 0.3) is 0 Å². The van der Waals surface area contributed by atoms with Crippen LogP contribution in [-0.2, 0) is 0 Å². The van der Waals surface area contributed by atoms with E-state index in [1.165, 1.54) is 6.07 Å². The average Bonchev–Trinajstić information content (AvgIpc) is 2.00. The van der Waals surface area contributed by atoms with Crippen LogP contribution in [0.1, 0.15) is 18.0 Å². The van der Waals surface area contributed by atoms with Crippen molar-refractivity contribution in [2.45, 2.75) is 12.5 Å². The van der Waals surface area contributed by atoms with Crippen LogP contribution in [0.2, 0.25) is 0 Å². The van der Waals surface area contributed by atoms with E-state index in [9.17, 15) is 13.2 Å². The maximum Gasteiger partial charge on any atom is 0.194 e. The Bertz CT molecular complexity index is 297. The van der Waals surface area contributed by atoms with Crippen LogP contribution < -0.4 is 0 Å². The van der Waals surface area contributed by atoms with Gasteiger partial charge in [-0.3, -0.25) is 0 Å². The standard InChI is InChI=1S/C8H9F3Si/c1-4(12)5-2-3-6(9)8(11)7(5)10/h2-4H,1,12H3. The Labute approximate surface area is 71.8 Å². The highest BCUT2D eigenvalue weighted by Gasteiger charge is 2.14. The van der Waals surface area contributed by atoms with Crippen molar-refractivity contribution in [2.24, 2.45) is 0 Å². The molecule has 0 fully saturated rings. The van der Waals surface area contributed by atoms with E-state index in [1.54, 1.807) is 6.92 Å². The van der Waals surface area contributed by atoms with E-state index in [1.807, 2.05) is 0 Å². The Morgan fingerprint density at radius 2 is 1.75 bits per heavy atom. The first-order valence-corrected chi connectivity index (χ1v) is 4.83. The predicted octanol–water partition coefficient (Wildman–Crippen LogP) is 1.53. The zero-order valence-electron chi connectivity index (χ0n) is 6.87. The van der Waals surface area contributed by atoms with Crippen molar-refractivity contribution in [3.05, 3.63) is 35.1 Å². The molecule has 0 N–H and O–H groups in total. The Morgan fingerprint density at radius 1 is 1.17 bits per heavy atom. The molecule has 0 aromatic heterocycles. The second-order valence-electron chi connectivity index (χ2n) is 2.92. The Balaban J connectivity index is 3.27. The van der Waals surface area contributed by atoms with Crippen molar-refractivity contribution in [2.75, 3.05) is 0 Å². The lowest BCUT2D eigenvalue weighted by molar-refractivity contribution is 0.441. The molecule has 12 heavy (non-hydrogen) atoms. The topological polar surface area (TPSA) is 0 Å². The second-order valence-corrected chi connectivity index (χ2v) is 4.65. The summed E-state index contributed by atoms with van der Waals surface area (Å²) in [5.74, 6) is -3.54. The molecule has 0 saturated heterocycles. The van der Waals surface area contributed by atoms with E-state index in [2.05, 4.69) is 0 Å². The zero-order valence-corrected chi connectivity index (χ0v) is 8.87. The number of hydrogen-bond donors (Lipinski definition) is 0. The summed E-state index contributed by atoms with van der Waals surface area (Å²) < 4.78 is 38.0. The van der Waals surface area contributed by atoms with E-state index in [4.69, 9.17) is 0 Å². The van der Waals surface area contributed by atoms with Crippen LogP contribution in [0.15, 0.2) is 12.1 Å². The fourth-order valence-electron chi connectivity index (χ4n) is 0.987. The van der Waals surface area contributed by atoms with Gasteiger partial charge in [-0.25, -0.2) is 13.2 Å².